The van der Waals surface area contributed by atoms with Crippen molar-refractivity contribution in [2.45, 2.75) is 57.4 Å². The maximum Gasteiger partial charge on any atom is 0.326 e. The van der Waals surface area contributed by atoms with Crippen LogP contribution in [0.15, 0.2) is 30.3 Å². The highest BCUT2D eigenvalue weighted by molar-refractivity contribution is 6.34. The van der Waals surface area contributed by atoms with E-state index in [0.717, 1.165) is 37.4 Å². The number of carbonyl (C=O) groups is 2. The second kappa shape index (κ2) is 11.9. The van der Waals surface area contributed by atoms with Gasteiger partial charge in [0.2, 0.25) is 0 Å². The summed E-state index contributed by atoms with van der Waals surface area (Å²) < 4.78 is 19.1. The van der Waals surface area contributed by atoms with E-state index in [2.05, 4.69) is 17.4 Å². The van der Waals surface area contributed by atoms with E-state index in [1.54, 1.807) is 0 Å². The summed E-state index contributed by atoms with van der Waals surface area (Å²) in [6, 6.07) is 7.00. The number of nitrogens with one attached hydrogen (secondary N) is 1. The number of aryl methyl sites for hydroxylation is 3. The molecule has 1 heterocycles. The minimum absolute atomic E-state index is 0.0926. The summed E-state index contributed by atoms with van der Waals surface area (Å²) in [5.41, 5.74) is 3.59. The molecule has 0 fully saturated rings. The fraction of sp³-hybridized carbons (Fsp3) is 0.458. The largest absolute Gasteiger partial charge is 0.480 e. The molecule has 2 N–H and O–H groups in total. The average molecular weight is 463 g/mol. The van der Waals surface area contributed by atoms with Gasteiger partial charge in [-0.15, -0.1) is 0 Å². The van der Waals surface area contributed by atoms with E-state index in [9.17, 15) is 19.1 Å². The zero-order valence-electron chi connectivity index (χ0n) is 17.9. The first-order valence-electron chi connectivity index (χ1n) is 11.0. The van der Waals surface area contributed by atoms with E-state index in [1.165, 1.54) is 36.2 Å². The fourth-order valence-electron chi connectivity index (χ4n) is 3.79. The SMILES string of the molecule is O=C(NC(CCCOCCCc1ccc2c(n1)CCCC2)C(=O)O)c1cccc(F)c1Cl. The third-order valence-corrected chi connectivity index (χ3v) is 5.92. The van der Waals surface area contributed by atoms with Gasteiger partial charge in [-0.05, 0) is 75.1 Å². The molecule has 0 radical (unpaired) electrons. The molecule has 172 valence electrons. The van der Waals surface area contributed by atoms with Crippen molar-refractivity contribution in [3.05, 3.63) is 63.7 Å². The molecule has 0 aliphatic heterocycles. The van der Waals surface area contributed by atoms with Crippen LogP contribution in [0.3, 0.4) is 0 Å². The Kier molecular flexibility index (Phi) is 9.00. The van der Waals surface area contributed by atoms with Crippen LogP contribution in [0, 0.1) is 5.82 Å². The number of halogens is 2. The van der Waals surface area contributed by atoms with Crippen LogP contribution in [-0.2, 0) is 28.8 Å². The van der Waals surface area contributed by atoms with Gasteiger partial charge in [0.25, 0.3) is 5.91 Å². The molecule has 1 aliphatic carbocycles. The molecule has 6 nitrogen and oxygen atoms in total. The van der Waals surface area contributed by atoms with Gasteiger partial charge in [0.15, 0.2) is 0 Å². The lowest BCUT2D eigenvalue weighted by Gasteiger charge is -2.16. The number of benzene rings is 1. The number of hydrogen-bond donors (Lipinski definition) is 2. The number of aromatic nitrogens is 1. The number of aliphatic carboxylic acids is 1. The maximum absolute atomic E-state index is 13.5. The normalized spacial score (nSPS) is 13.9. The van der Waals surface area contributed by atoms with Crippen LogP contribution in [0.4, 0.5) is 4.39 Å². The van der Waals surface area contributed by atoms with Gasteiger partial charge < -0.3 is 15.2 Å². The van der Waals surface area contributed by atoms with Gasteiger partial charge in [0.1, 0.15) is 11.9 Å². The number of nitrogens with zero attached hydrogens (tertiary/aromatic N) is 1. The lowest BCUT2D eigenvalue weighted by atomic mass is 9.95. The highest BCUT2D eigenvalue weighted by atomic mass is 35.5. The topological polar surface area (TPSA) is 88.5 Å². The summed E-state index contributed by atoms with van der Waals surface area (Å²) in [6.07, 6.45) is 6.97. The third-order valence-electron chi connectivity index (χ3n) is 5.54. The van der Waals surface area contributed by atoms with Gasteiger partial charge in [0.05, 0.1) is 10.6 Å². The van der Waals surface area contributed by atoms with Crippen LogP contribution < -0.4 is 5.32 Å². The lowest BCUT2D eigenvalue weighted by molar-refractivity contribution is -0.139. The van der Waals surface area contributed by atoms with Crippen molar-refractivity contribution >= 4 is 23.5 Å². The highest BCUT2D eigenvalue weighted by Gasteiger charge is 2.22. The molecule has 3 rings (SSSR count). The van der Waals surface area contributed by atoms with Crippen molar-refractivity contribution in [3.8, 4) is 0 Å². The van der Waals surface area contributed by atoms with Crippen LogP contribution in [0.2, 0.25) is 5.02 Å². The van der Waals surface area contributed by atoms with Gasteiger partial charge in [-0.1, -0.05) is 23.7 Å². The van der Waals surface area contributed by atoms with Crippen molar-refractivity contribution in [2.24, 2.45) is 0 Å². The number of carboxylic acids is 1. The van der Waals surface area contributed by atoms with E-state index >= 15 is 0 Å². The molecule has 0 bridgehead atoms. The fourth-order valence-corrected chi connectivity index (χ4v) is 4.00. The summed E-state index contributed by atoms with van der Waals surface area (Å²) in [4.78, 5) is 28.5. The summed E-state index contributed by atoms with van der Waals surface area (Å²) in [5.74, 6) is -2.62. The van der Waals surface area contributed by atoms with Crippen molar-refractivity contribution in [1.29, 1.82) is 0 Å². The summed E-state index contributed by atoms with van der Waals surface area (Å²) >= 11 is 5.80. The first kappa shape index (κ1) is 24.1. The molecule has 2 aromatic rings. The lowest BCUT2D eigenvalue weighted by Crippen LogP contribution is -2.41. The van der Waals surface area contributed by atoms with E-state index < -0.39 is 23.7 Å². The quantitative estimate of drug-likeness (QED) is 0.484. The number of rotatable bonds is 11. The second-order valence-electron chi connectivity index (χ2n) is 7.94. The van der Waals surface area contributed by atoms with Gasteiger partial charge in [-0.2, -0.15) is 0 Å². The number of hydrogen-bond acceptors (Lipinski definition) is 4. The van der Waals surface area contributed by atoms with E-state index in [0.29, 0.717) is 19.6 Å². The Balaban J connectivity index is 1.35. The smallest absolute Gasteiger partial charge is 0.326 e. The molecular formula is C24H28ClFN2O4. The number of carbonyl (C=O) groups excluding carboxylic acids is 1. The van der Waals surface area contributed by atoms with Crippen LogP contribution in [-0.4, -0.2) is 41.2 Å². The molecule has 1 aromatic carbocycles. The Morgan fingerprint density at radius 1 is 1.16 bits per heavy atom. The van der Waals surface area contributed by atoms with Crippen molar-refractivity contribution in [1.82, 2.24) is 10.3 Å². The molecule has 0 saturated heterocycles. The van der Waals surface area contributed by atoms with Crippen molar-refractivity contribution < 1.29 is 23.8 Å². The predicted octanol–water partition coefficient (Wildman–Crippen LogP) is 4.37. The molecule has 8 heteroatoms. The summed E-state index contributed by atoms with van der Waals surface area (Å²) in [5, 5.41) is 11.4. The zero-order valence-corrected chi connectivity index (χ0v) is 18.7. The van der Waals surface area contributed by atoms with Crippen molar-refractivity contribution in [2.75, 3.05) is 13.2 Å². The maximum atomic E-state index is 13.5. The third kappa shape index (κ3) is 6.74. The molecule has 0 saturated carbocycles. The van der Waals surface area contributed by atoms with E-state index in [4.69, 9.17) is 21.3 Å². The predicted molar refractivity (Wildman–Crippen MR) is 120 cm³/mol. The Morgan fingerprint density at radius 3 is 2.75 bits per heavy atom. The zero-order chi connectivity index (χ0) is 22.9. The van der Waals surface area contributed by atoms with Crippen molar-refractivity contribution in [3.63, 3.8) is 0 Å². The minimum Gasteiger partial charge on any atom is -0.480 e. The number of carboxylic acid groups (broad SMARTS) is 1. The summed E-state index contributed by atoms with van der Waals surface area (Å²) in [7, 11) is 0. The number of pyridine rings is 1. The van der Waals surface area contributed by atoms with Crippen LogP contribution in [0.5, 0.6) is 0 Å². The average Bonchev–Trinajstić information content (AvgIpc) is 2.79. The molecule has 0 spiro atoms. The molecule has 1 atom stereocenters. The molecule has 1 unspecified atom stereocenters. The van der Waals surface area contributed by atoms with Gasteiger partial charge in [-0.25, -0.2) is 9.18 Å². The highest BCUT2D eigenvalue weighted by Crippen LogP contribution is 2.21. The Hall–Kier alpha value is -2.51. The molecule has 1 aliphatic rings. The Morgan fingerprint density at radius 2 is 1.94 bits per heavy atom. The van der Waals surface area contributed by atoms with Gasteiger partial charge >= 0.3 is 5.97 Å². The minimum atomic E-state index is -1.16. The number of fused-ring (bicyclic) bond motifs is 1. The Labute approximate surface area is 192 Å². The Bertz CT molecular complexity index is 954. The monoisotopic (exact) mass is 462 g/mol. The second-order valence-corrected chi connectivity index (χ2v) is 8.32. The first-order chi connectivity index (χ1) is 15.5. The number of amides is 1. The molecule has 1 aromatic heterocycles. The summed E-state index contributed by atoms with van der Waals surface area (Å²) in [6.45, 7) is 0.944. The van der Waals surface area contributed by atoms with Crippen LogP contribution >= 0.6 is 11.6 Å². The molecule has 1 amide bonds. The van der Waals surface area contributed by atoms with Gasteiger partial charge in [0, 0.05) is 24.6 Å². The first-order valence-corrected chi connectivity index (χ1v) is 11.4. The van der Waals surface area contributed by atoms with Crippen LogP contribution in [0.25, 0.3) is 0 Å². The number of ether oxygens (including phenoxy) is 1. The van der Waals surface area contributed by atoms with E-state index in [1.807, 2.05) is 0 Å². The standard InChI is InChI=1S/C24H28ClFN2O4/c25-22-18(8-3-9-19(22)26)23(29)28-21(24(30)31)11-5-15-32-14-4-7-17-13-12-16-6-1-2-10-20(16)27-17/h3,8-9,12-13,21H,1-2,4-7,10-11,14-15H2,(H,28,29)(H,30,31). The molecule has 32 heavy (non-hydrogen) atoms. The van der Waals surface area contributed by atoms with Gasteiger partial charge in [-0.3, -0.25) is 9.78 Å². The van der Waals surface area contributed by atoms with E-state index in [-0.39, 0.29) is 17.0 Å². The molecular weight excluding hydrogens is 435 g/mol. The van der Waals surface area contributed by atoms with Crippen LogP contribution in [0.1, 0.15) is 59.4 Å².